The minimum absolute atomic E-state index is 0.0169. The molecule has 150 valence electrons. The highest BCUT2D eigenvalue weighted by molar-refractivity contribution is 7.20. The van der Waals surface area contributed by atoms with Gasteiger partial charge in [0.2, 0.25) is 5.91 Å². The van der Waals surface area contributed by atoms with Crippen molar-refractivity contribution in [3.8, 4) is 5.19 Å². The number of thiazole rings is 1. The van der Waals surface area contributed by atoms with Crippen molar-refractivity contribution in [1.29, 1.82) is 0 Å². The number of ketones is 1. The third-order valence-electron chi connectivity index (χ3n) is 5.32. The van der Waals surface area contributed by atoms with E-state index in [1.54, 1.807) is 23.5 Å². The number of carbonyl (C=O) groups is 2. The van der Waals surface area contributed by atoms with Crippen LogP contribution >= 0.6 is 11.3 Å². The Morgan fingerprint density at radius 2 is 1.83 bits per heavy atom. The Morgan fingerprint density at radius 3 is 2.55 bits per heavy atom. The van der Waals surface area contributed by atoms with Gasteiger partial charge in [0.1, 0.15) is 6.10 Å². The van der Waals surface area contributed by atoms with E-state index in [9.17, 15) is 9.59 Å². The number of likely N-dealkylation sites (tertiary alicyclic amines) is 1. The average Bonchev–Trinajstić information content (AvgIpc) is 3.17. The Labute approximate surface area is 174 Å². The van der Waals surface area contributed by atoms with E-state index in [4.69, 9.17) is 4.74 Å². The van der Waals surface area contributed by atoms with Gasteiger partial charge in [-0.05, 0) is 18.6 Å². The van der Waals surface area contributed by atoms with Gasteiger partial charge < -0.3 is 9.64 Å². The molecule has 0 atom stereocenters. The van der Waals surface area contributed by atoms with Crippen LogP contribution in [0.25, 0.3) is 10.2 Å². The monoisotopic (exact) mass is 408 g/mol. The van der Waals surface area contributed by atoms with Gasteiger partial charge in [0.25, 0.3) is 5.19 Å². The standard InChI is InChI=1S/C23H24N2O3S/c1-16-6-5-9-20-22(16)24-23(29-20)28-18-12-14-25(15-13-18)21(27)11-10-19(26)17-7-3-2-4-8-17/h2-9,18H,10-15H2,1H3. The lowest BCUT2D eigenvalue weighted by Crippen LogP contribution is -2.41. The van der Waals surface area contributed by atoms with E-state index in [2.05, 4.69) is 24.0 Å². The van der Waals surface area contributed by atoms with Gasteiger partial charge in [0, 0.05) is 44.3 Å². The van der Waals surface area contributed by atoms with Gasteiger partial charge in [-0.25, -0.2) is 4.98 Å². The molecule has 0 unspecified atom stereocenters. The van der Waals surface area contributed by atoms with Crippen molar-refractivity contribution in [2.75, 3.05) is 13.1 Å². The quantitative estimate of drug-likeness (QED) is 0.558. The van der Waals surface area contributed by atoms with E-state index >= 15 is 0 Å². The lowest BCUT2D eigenvalue weighted by Gasteiger charge is -2.31. The minimum atomic E-state index is 0.0169. The van der Waals surface area contributed by atoms with E-state index in [1.165, 1.54) is 0 Å². The number of carbonyl (C=O) groups excluding carboxylic acids is 2. The molecule has 1 amide bonds. The molecule has 0 radical (unpaired) electrons. The first-order chi connectivity index (χ1) is 14.1. The molecule has 1 saturated heterocycles. The van der Waals surface area contributed by atoms with Gasteiger partial charge in [0.15, 0.2) is 5.78 Å². The number of rotatable bonds is 6. The van der Waals surface area contributed by atoms with Gasteiger partial charge >= 0.3 is 0 Å². The second-order valence-corrected chi connectivity index (χ2v) is 8.38. The zero-order valence-corrected chi connectivity index (χ0v) is 17.3. The van der Waals surface area contributed by atoms with Crippen molar-refractivity contribution in [3.05, 3.63) is 59.7 Å². The molecule has 0 N–H and O–H groups in total. The number of fused-ring (bicyclic) bond motifs is 1. The van der Waals surface area contributed by atoms with Crippen LogP contribution in [0.1, 0.15) is 41.6 Å². The molecule has 2 heterocycles. The van der Waals surface area contributed by atoms with Crippen molar-refractivity contribution in [3.63, 3.8) is 0 Å². The molecule has 0 saturated carbocycles. The lowest BCUT2D eigenvalue weighted by atomic mass is 10.0. The summed E-state index contributed by atoms with van der Waals surface area (Å²) in [5.41, 5.74) is 2.82. The Kier molecular flexibility index (Phi) is 5.90. The summed E-state index contributed by atoms with van der Waals surface area (Å²) < 4.78 is 7.23. The first-order valence-corrected chi connectivity index (χ1v) is 10.8. The number of para-hydroxylation sites is 1. The van der Waals surface area contributed by atoms with Gasteiger partial charge in [0.05, 0.1) is 10.2 Å². The van der Waals surface area contributed by atoms with E-state index in [0.29, 0.717) is 23.8 Å². The van der Waals surface area contributed by atoms with E-state index in [1.807, 2.05) is 29.2 Å². The van der Waals surface area contributed by atoms with Crippen LogP contribution < -0.4 is 4.74 Å². The van der Waals surface area contributed by atoms with Crippen molar-refractivity contribution in [2.45, 2.75) is 38.7 Å². The van der Waals surface area contributed by atoms with Crippen molar-refractivity contribution in [2.24, 2.45) is 0 Å². The van der Waals surface area contributed by atoms with Crippen LogP contribution in [0.4, 0.5) is 0 Å². The number of hydrogen-bond acceptors (Lipinski definition) is 5. The molecule has 1 aliphatic heterocycles. The molecule has 0 bridgehead atoms. The molecular weight excluding hydrogens is 384 g/mol. The van der Waals surface area contributed by atoms with Gasteiger partial charge in [-0.1, -0.05) is 53.8 Å². The highest BCUT2D eigenvalue weighted by Crippen LogP contribution is 2.31. The zero-order chi connectivity index (χ0) is 20.2. The average molecular weight is 409 g/mol. The molecule has 1 aliphatic rings. The maximum Gasteiger partial charge on any atom is 0.274 e. The van der Waals surface area contributed by atoms with Crippen LogP contribution in [-0.2, 0) is 4.79 Å². The molecule has 4 rings (SSSR count). The van der Waals surface area contributed by atoms with Gasteiger partial charge in [-0.15, -0.1) is 0 Å². The van der Waals surface area contributed by atoms with Gasteiger partial charge in [-0.2, -0.15) is 0 Å². The van der Waals surface area contributed by atoms with Crippen LogP contribution in [0.5, 0.6) is 5.19 Å². The normalized spacial score (nSPS) is 14.9. The fourth-order valence-electron chi connectivity index (χ4n) is 3.63. The molecule has 0 aliphatic carbocycles. The number of amides is 1. The number of Topliss-reactive ketones (excluding diaryl/α,β-unsaturated/α-hetero) is 1. The molecular formula is C23H24N2O3S. The van der Waals surface area contributed by atoms with Crippen molar-refractivity contribution >= 4 is 33.2 Å². The number of nitrogens with zero attached hydrogens (tertiary/aromatic N) is 2. The fourth-order valence-corrected chi connectivity index (χ4v) is 4.59. The predicted molar refractivity (Wildman–Crippen MR) is 115 cm³/mol. The lowest BCUT2D eigenvalue weighted by molar-refractivity contribution is -0.132. The predicted octanol–water partition coefficient (Wildman–Crippen LogP) is 4.64. The smallest absolute Gasteiger partial charge is 0.274 e. The third-order valence-corrected chi connectivity index (χ3v) is 6.24. The van der Waals surface area contributed by atoms with Gasteiger partial charge in [-0.3, -0.25) is 9.59 Å². The first kappa shape index (κ1) is 19.6. The molecule has 2 aromatic carbocycles. The molecule has 6 heteroatoms. The molecule has 1 aromatic heterocycles. The van der Waals surface area contributed by atoms with E-state index in [0.717, 1.165) is 28.6 Å². The van der Waals surface area contributed by atoms with Crippen molar-refractivity contribution < 1.29 is 14.3 Å². The zero-order valence-electron chi connectivity index (χ0n) is 16.5. The Balaban J connectivity index is 1.26. The number of hydrogen-bond donors (Lipinski definition) is 0. The second-order valence-electron chi connectivity index (χ2n) is 7.39. The Hall–Kier alpha value is -2.73. The van der Waals surface area contributed by atoms with Crippen LogP contribution in [0.2, 0.25) is 0 Å². The fraction of sp³-hybridized carbons (Fsp3) is 0.348. The van der Waals surface area contributed by atoms with Crippen molar-refractivity contribution in [1.82, 2.24) is 9.88 Å². The van der Waals surface area contributed by atoms with Crippen LogP contribution in [-0.4, -0.2) is 40.8 Å². The highest BCUT2D eigenvalue weighted by Gasteiger charge is 2.25. The minimum Gasteiger partial charge on any atom is -0.467 e. The first-order valence-electron chi connectivity index (χ1n) is 9.99. The largest absolute Gasteiger partial charge is 0.467 e. The maximum absolute atomic E-state index is 12.5. The number of benzene rings is 2. The molecule has 0 spiro atoms. The molecule has 3 aromatic rings. The topological polar surface area (TPSA) is 59.5 Å². The number of aryl methyl sites for hydroxylation is 1. The number of piperidine rings is 1. The SMILES string of the molecule is Cc1cccc2sc(OC3CCN(C(=O)CCC(=O)c4ccccc4)CC3)nc12. The Morgan fingerprint density at radius 1 is 1.07 bits per heavy atom. The number of aromatic nitrogens is 1. The van der Waals surface area contributed by atoms with Crippen LogP contribution in [0.15, 0.2) is 48.5 Å². The van der Waals surface area contributed by atoms with Crippen LogP contribution in [0.3, 0.4) is 0 Å². The highest BCUT2D eigenvalue weighted by atomic mass is 32.1. The second kappa shape index (κ2) is 8.74. The summed E-state index contributed by atoms with van der Waals surface area (Å²) in [4.78, 5) is 31.1. The summed E-state index contributed by atoms with van der Waals surface area (Å²) in [6, 6.07) is 15.3. The summed E-state index contributed by atoms with van der Waals surface area (Å²) in [5, 5.41) is 0.701. The molecule has 5 nitrogen and oxygen atoms in total. The summed E-state index contributed by atoms with van der Waals surface area (Å²) in [6.45, 7) is 3.37. The Bertz CT molecular complexity index is 1010. The van der Waals surface area contributed by atoms with E-state index in [-0.39, 0.29) is 30.6 Å². The van der Waals surface area contributed by atoms with Crippen LogP contribution in [0, 0.1) is 6.92 Å². The summed E-state index contributed by atoms with van der Waals surface area (Å²) in [6.07, 6.45) is 2.16. The molecule has 1 fully saturated rings. The summed E-state index contributed by atoms with van der Waals surface area (Å²) >= 11 is 1.57. The third kappa shape index (κ3) is 4.65. The maximum atomic E-state index is 12.5. The number of ether oxygens (including phenoxy) is 1. The molecule has 29 heavy (non-hydrogen) atoms. The summed E-state index contributed by atoms with van der Waals surface area (Å²) in [7, 11) is 0. The van der Waals surface area contributed by atoms with E-state index < -0.39 is 0 Å². The summed E-state index contributed by atoms with van der Waals surface area (Å²) in [5.74, 6) is 0.0617.